The zero-order valence-corrected chi connectivity index (χ0v) is 8.34. The maximum Gasteiger partial charge on any atom is 0.174 e. The molecule has 0 spiro atoms. The monoisotopic (exact) mass is 224 g/mol. The van der Waals surface area contributed by atoms with Crippen molar-refractivity contribution in [2.75, 3.05) is 0 Å². The Hall–Kier alpha value is -1.49. The molecule has 0 atom stereocenters. The summed E-state index contributed by atoms with van der Waals surface area (Å²) < 4.78 is 25.7. The third-order valence-corrected chi connectivity index (χ3v) is 2.66. The van der Waals surface area contributed by atoms with E-state index in [2.05, 4.69) is 9.97 Å². The first-order chi connectivity index (χ1) is 7.25. The van der Waals surface area contributed by atoms with Gasteiger partial charge in [-0.25, -0.2) is 18.7 Å². The van der Waals surface area contributed by atoms with Gasteiger partial charge in [0.1, 0.15) is 17.2 Å². The molecule has 0 radical (unpaired) electrons. The van der Waals surface area contributed by atoms with Crippen molar-refractivity contribution in [3.8, 4) is 0 Å². The topological polar surface area (TPSA) is 25.8 Å². The highest BCUT2D eigenvalue weighted by Gasteiger charge is 2.05. The van der Waals surface area contributed by atoms with E-state index < -0.39 is 5.82 Å². The van der Waals surface area contributed by atoms with Crippen molar-refractivity contribution in [1.82, 2.24) is 9.97 Å². The van der Waals surface area contributed by atoms with Crippen molar-refractivity contribution in [2.24, 2.45) is 0 Å². The smallest absolute Gasteiger partial charge is 0.174 e. The number of rotatable bonds is 2. The zero-order valence-electron chi connectivity index (χ0n) is 7.52. The average molecular weight is 224 g/mol. The minimum atomic E-state index is -0.480. The highest BCUT2D eigenvalue weighted by Crippen LogP contribution is 2.27. The van der Waals surface area contributed by atoms with Crippen LogP contribution < -0.4 is 0 Å². The molecule has 0 unspecified atom stereocenters. The lowest BCUT2D eigenvalue weighted by Crippen LogP contribution is -1.87. The lowest BCUT2D eigenvalue weighted by atomic mass is 10.4. The number of hydrogen-bond acceptors (Lipinski definition) is 3. The Labute approximate surface area is 89.4 Å². The number of halogens is 2. The summed E-state index contributed by atoms with van der Waals surface area (Å²) >= 11 is 1.13. The van der Waals surface area contributed by atoms with Gasteiger partial charge in [0, 0.05) is 4.90 Å². The Morgan fingerprint density at radius 3 is 2.47 bits per heavy atom. The van der Waals surface area contributed by atoms with Crippen molar-refractivity contribution in [3.63, 3.8) is 0 Å². The molecule has 1 aromatic heterocycles. The summed E-state index contributed by atoms with van der Waals surface area (Å²) in [5.41, 5.74) is 0. The first-order valence-corrected chi connectivity index (χ1v) is 4.96. The standard InChI is InChI=1S/C10H6F2N2S/c11-7-1-3-8(4-2-7)15-10-9(12)5-13-6-14-10/h1-6H. The molecule has 76 valence electrons. The van der Waals surface area contributed by atoms with Crippen LogP contribution in [0.4, 0.5) is 8.78 Å². The Bertz CT molecular complexity index is 459. The van der Waals surface area contributed by atoms with Crippen molar-refractivity contribution in [1.29, 1.82) is 0 Å². The third-order valence-electron chi connectivity index (χ3n) is 1.66. The van der Waals surface area contributed by atoms with Crippen LogP contribution in [-0.2, 0) is 0 Å². The van der Waals surface area contributed by atoms with Crippen LogP contribution in [0.2, 0.25) is 0 Å². The Morgan fingerprint density at radius 2 is 1.80 bits per heavy atom. The highest BCUT2D eigenvalue weighted by molar-refractivity contribution is 7.99. The van der Waals surface area contributed by atoms with Crippen LogP contribution in [0, 0.1) is 11.6 Å². The van der Waals surface area contributed by atoms with Crippen molar-refractivity contribution >= 4 is 11.8 Å². The molecule has 0 aliphatic heterocycles. The zero-order chi connectivity index (χ0) is 10.7. The molecule has 0 N–H and O–H groups in total. The molecule has 2 rings (SSSR count). The number of nitrogens with zero attached hydrogens (tertiary/aromatic N) is 2. The number of benzene rings is 1. The average Bonchev–Trinajstić information content (AvgIpc) is 2.25. The van der Waals surface area contributed by atoms with Crippen molar-refractivity contribution in [2.45, 2.75) is 9.92 Å². The summed E-state index contributed by atoms with van der Waals surface area (Å²) in [6.45, 7) is 0. The number of aromatic nitrogens is 2. The summed E-state index contributed by atoms with van der Waals surface area (Å²) in [5, 5.41) is 0.233. The van der Waals surface area contributed by atoms with Gasteiger partial charge in [-0.3, -0.25) is 0 Å². The van der Waals surface area contributed by atoms with Gasteiger partial charge >= 0.3 is 0 Å². The van der Waals surface area contributed by atoms with Crippen LogP contribution in [0.3, 0.4) is 0 Å². The van der Waals surface area contributed by atoms with Crippen LogP contribution in [0.25, 0.3) is 0 Å². The van der Waals surface area contributed by atoms with Crippen LogP contribution in [-0.4, -0.2) is 9.97 Å². The Kier molecular flexibility index (Phi) is 2.91. The van der Waals surface area contributed by atoms with Crippen LogP contribution in [0.5, 0.6) is 0 Å². The highest BCUT2D eigenvalue weighted by atomic mass is 32.2. The van der Waals surface area contributed by atoms with E-state index in [1.165, 1.54) is 18.5 Å². The summed E-state index contributed by atoms with van der Waals surface area (Å²) in [5.74, 6) is -0.797. The molecule has 0 aliphatic rings. The lowest BCUT2D eigenvalue weighted by molar-refractivity contribution is 0.578. The van der Waals surface area contributed by atoms with Crippen LogP contribution in [0.1, 0.15) is 0 Å². The fourth-order valence-electron chi connectivity index (χ4n) is 0.991. The summed E-state index contributed by atoms with van der Waals surface area (Å²) in [6, 6.07) is 5.78. The summed E-state index contributed by atoms with van der Waals surface area (Å²) in [7, 11) is 0. The maximum absolute atomic E-state index is 13.1. The SMILES string of the molecule is Fc1ccc(Sc2ncncc2F)cc1. The molecule has 1 aromatic carbocycles. The van der Waals surface area contributed by atoms with Crippen molar-refractivity contribution in [3.05, 3.63) is 48.4 Å². The molecule has 0 bridgehead atoms. The second-order valence-electron chi connectivity index (χ2n) is 2.73. The van der Waals surface area contributed by atoms with E-state index in [1.54, 1.807) is 12.1 Å². The van der Waals surface area contributed by atoms with Gasteiger partial charge in [0.2, 0.25) is 0 Å². The maximum atomic E-state index is 13.1. The fraction of sp³-hybridized carbons (Fsp3) is 0. The molecule has 15 heavy (non-hydrogen) atoms. The first kappa shape index (κ1) is 10.0. The van der Waals surface area contributed by atoms with Gasteiger partial charge in [-0.2, -0.15) is 0 Å². The van der Waals surface area contributed by atoms with Crippen LogP contribution >= 0.6 is 11.8 Å². The van der Waals surface area contributed by atoms with E-state index in [9.17, 15) is 8.78 Å². The molecule has 2 aromatic rings. The molecule has 0 fully saturated rings. The van der Waals surface area contributed by atoms with Gasteiger partial charge in [0.05, 0.1) is 6.20 Å². The second kappa shape index (κ2) is 4.35. The minimum absolute atomic E-state index is 0.233. The van der Waals surface area contributed by atoms with E-state index in [4.69, 9.17) is 0 Å². The molecule has 0 aliphatic carbocycles. The molecule has 5 heteroatoms. The summed E-state index contributed by atoms with van der Waals surface area (Å²) in [6.07, 6.45) is 2.37. The van der Waals surface area contributed by atoms with Gasteiger partial charge in [-0.15, -0.1) is 0 Å². The predicted molar refractivity (Wildman–Crippen MR) is 52.5 cm³/mol. The van der Waals surface area contributed by atoms with E-state index >= 15 is 0 Å². The molecule has 0 saturated carbocycles. The molecule has 1 heterocycles. The molecule has 0 saturated heterocycles. The van der Waals surface area contributed by atoms with E-state index in [0.717, 1.165) is 22.9 Å². The van der Waals surface area contributed by atoms with E-state index in [-0.39, 0.29) is 10.8 Å². The lowest BCUT2D eigenvalue weighted by Gasteiger charge is -2.00. The van der Waals surface area contributed by atoms with Crippen LogP contribution in [0.15, 0.2) is 46.7 Å². The van der Waals surface area contributed by atoms with Gasteiger partial charge in [0.25, 0.3) is 0 Å². The van der Waals surface area contributed by atoms with Crippen molar-refractivity contribution < 1.29 is 8.78 Å². The quantitative estimate of drug-likeness (QED) is 0.733. The molecular formula is C10H6F2N2S. The second-order valence-corrected chi connectivity index (χ2v) is 3.79. The van der Waals surface area contributed by atoms with E-state index in [1.807, 2.05) is 0 Å². The summed E-state index contributed by atoms with van der Waals surface area (Å²) in [4.78, 5) is 8.05. The number of hydrogen-bond donors (Lipinski definition) is 0. The molecular weight excluding hydrogens is 218 g/mol. The minimum Gasteiger partial charge on any atom is -0.242 e. The normalized spacial score (nSPS) is 10.3. The molecule has 2 nitrogen and oxygen atoms in total. The van der Waals surface area contributed by atoms with Gasteiger partial charge in [-0.05, 0) is 24.3 Å². The van der Waals surface area contributed by atoms with E-state index in [0.29, 0.717) is 0 Å². The Morgan fingerprint density at radius 1 is 1.07 bits per heavy atom. The first-order valence-electron chi connectivity index (χ1n) is 4.14. The molecule has 0 amide bonds. The Balaban J connectivity index is 2.22. The third kappa shape index (κ3) is 2.50. The predicted octanol–water partition coefficient (Wildman–Crippen LogP) is 2.91. The van der Waals surface area contributed by atoms with Gasteiger partial charge < -0.3 is 0 Å². The fourth-order valence-corrected chi connectivity index (χ4v) is 1.74. The van der Waals surface area contributed by atoms with Gasteiger partial charge in [0.15, 0.2) is 5.82 Å². The van der Waals surface area contributed by atoms with Gasteiger partial charge in [-0.1, -0.05) is 11.8 Å². The largest absolute Gasteiger partial charge is 0.242 e.